The number of hydrogen-bond donors (Lipinski definition) is 2. The highest BCUT2D eigenvalue weighted by Gasteiger charge is 2.22. The van der Waals surface area contributed by atoms with Gasteiger partial charge in [-0.05, 0) is 41.8 Å². The van der Waals surface area contributed by atoms with Crippen LogP contribution in [-0.4, -0.2) is 23.0 Å². The van der Waals surface area contributed by atoms with E-state index in [1.165, 1.54) is 5.56 Å². The van der Waals surface area contributed by atoms with Crippen LogP contribution in [0.1, 0.15) is 27.4 Å². The summed E-state index contributed by atoms with van der Waals surface area (Å²) < 4.78 is 5.18. The number of nitrogens with zero attached hydrogens (tertiary/aromatic N) is 1. The second-order valence-corrected chi connectivity index (χ2v) is 5.88. The third kappa shape index (κ3) is 2.59. The molecule has 1 aliphatic carbocycles. The lowest BCUT2D eigenvalue weighted by atomic mass is 10.1. The average Bonchev–Trinajstić information content (AvgIpc) is 3.26. The second-order valence-electron chi connectivity index (χ2n) is 5.88. The summed E-state index contributed by atoms with van der Waals surface area (Å²) in [5, 5.41) is 0. The number of ether oxygens (including phenoxy) is 1. The minimum absolute atomic E-state index is 0.311. The minimum atomic E-state index is -0.531. The molecule has 1 aromatic heterocycles. The van der Waals surface area contributed by atoms with Gasteiger partial charge in [-0.3, -0.25) is 4.79 Å². The number of hydrogen-bond acceptors (Lipinski definition) is 3. The molecular formula is C20H17N3O2. The van der Waals surface area contributed by atoms with Gasteiger partial charge in [0.05, 0.1) is 7.11 Å². The number of carbonyl (C=O) groups excluding carboxylic acids is 1. The number of nitrogens with one attached hydrogen (secondary N) is 1. The molecular weight excluding hydrogens is 314 g/mol. The molecule has 3 aromatic rings. The molecule has 0 aliphatic heterocycles. The monoisotopic (exact) mass is 331 g/mol. The first-order valence-corrected chi connectivity index (χ1v) is 8.00. The molecule has 0 bridgehead atoms. The summed E-state index contributed by atoms with van der Waals surface area (Å²) in [7, 11) is 1.61. The number of aromatic nitrogens is 2. The molecule has 25 heavy (non-hydrogen) atoms. The zero-order valence-electron chi connectivity index (χ0n) is 13.7. The van der Waals surface area contributed by atoms with E-state index in [1.54, 1.807) is 7.11 Å². The fraction of sp³-hybridized carbons (Fsp3) is 0.100. The van der Waals surface area contributed by atoms with Crippen LogP contribution >= 0.6 is 0 Å². The van der Waals surface area contributed by atoms with Crippen molar-refractivity contribution in [3.63, 3.8) is 0 Å². The van der Waals surface area contributed by atoms with Crippen LogP contribution in [0.4, 0.5) is 0 Å². The smallest absolute Gasteiger partial charge is 0.267 e. The third-order valence-corrected chi connectivity index (χ3v) is 4.40. The molecule has 0 fully saturated rings. The van der Waals surface area contributed by atoms with Crippen LogP contribution < -0.4 is 10.5 Å². The van der Waals surface area contributed by atoms with Crippen LogP contribution in [-0.2, 0) is 6.42 Å². The molecule has 0 saturated carbocycles. The van der Waals surface area contributed by atoms with E-state index in [0.717, 1.165) is 28.9 Å². The highest BCUT2D eigenvalue weighted by Crippen LogP contribution is 2.33. The van der Waals surface area contributed by atoms with Crippen molar-refractivity contribution in [3.8, 4) is 17.0 Å². The molecule has 2 aromatic carbocycles. The van der Waals surface area contributed by atoms with Gasteiger partial charge in [-0.1, -0.05) is 30.3 Å². The Hall–Kier alpha value is -3.34. The molecule has 0 saturated heterocycles. The van der Waals surface area contributed by atoms with Crippen molar-refractivity contribution in [1.29, 1.82) is 0 Å². The van der Waals surface area contributed by atoms with Crippen LogP contribution in [0.2, 0.25) is 0 Å². The number of benzene rings is 2. The Labute approximate surface area is 145 Å². The lowest BCUT2D eigenvalue weighted by Gasteiger charge is -2.02. The minimum Gasteiger partial charge on any atom is -0.497 e. The highest BCUT2D eigenvalue weighted by atomic mass is 16.5. The number of H-pyrrole nitrogens is 1. The van der Waals surface area contributed by atoms with E-state index in [2.05, 4.69) is 28.2 Å². The van der Waals surface area contributed by atoms with Crippen molar-refractivity contribution in [2.45, 2.75) is 6.42 Å². The van der Waals surface area contributed by atoms with Gasteiger partial charge in [0, 0.05) is 11.1 Å². The van der Waals surface area contributed by atoms with E-state index in [9.17, 15) is 4.79 Å². The first kappa shape index (κ1) is 15.2. The number of aromatic amines is 1. The normalized spacial score (nSPS) is 12.6. The maximum atomic E-state index is 11.9. The van der Waals surface area contributed by atoms with Gasteiger partial charge < -0.3 is 15.5 Å². The number of primary amides is 1. The van der Waals surface area contributed by atoms with Gasteiger partial charge in [0.25, 0.3) is 5.91 Å². The first-order valence-electron chi connectivity index (χ1n) is 8.00. The Bertz CT molecular complexity index is 984. The lowest BCUT2D eigenvalue weighted by Crippen LogP contribution is -2.12. The average molecular weight is 331 g/mol. The second kappa shape index (κ2) is 5.94. The fourth-order valence-corrected chi connectivity index (χ4v) is 3.14. The molecule has 1 heterocycles. The SMILES string of the molecule is COc1ccc(-c2nc(C3=CCc4ccccc43)[nH]c2C(N)=O)cc1. The van der Waals surface area contributed by atoms with Crippen molar-refractivity contribution < 1.29 is 9.53 Å². The number of methoxy groups -OCH3 is 1. The molecule has 124 valence electrons. The molecule has 0 spiro atoms. The summed E-state index contributed by atoms with van der Waals surface area (Å²) in [6, 6.07) is 15.6. The largest absolute Gasteiger partial charge is 0.497 e. The van der Waals surface area contributed by atoms with Crippen molar-refractivity contribution in [1.82, 2.24) is 9.97 Å². The summed E-state index contributed by atoms with van der Waals surface area (Å²) in [6.07, 6.45) is 2.97. The predicted octanol–water partition coefficient (Wildman–Crippen LogP) is 3.17. The molecule has 1 aliphatic rings. The van der Waals surface area contributed by atoms with Crippen LogP contribution in [0, 0.1) is 0 Å². The summed E-state index contributed by atoms with van der Waals surface area (Å²) in [5.41, 5.74) is 10.6. The number of carbonyl (C=O) groups is 1. The Morgan fingerprint density at radius 2 is 1.92 bits per heavy atom. The quantitative estimate of drug-likeness (QED) is 0.770. The highest BCUT2D eigenvalue weighted by molar-refractivity contribution is 5.98. The van der Waals surface area contributed by atoms with Gasteiger partial charge in [-0.25, -0.2) is 4.98 Å². The van der Waals surface area contributed by atoms with Crippen molar-refractivity contribution in [2.75, 3.05) is 7.11 Å². The summed E-state index contributed by atoms with van der Waals surface area (Å²) in [6.45, 7) is 0. The Morgan fingerprint density at radius 1 is 1.16 bits per heavy atom. The maximum Gasteiger partial charge on any atom is 0.267 e. The topological polar surface area (TPSA) is 81.0 Å². The van der Waals surface area contributed by atoms with Gasteiger partial charge in [-0.2, -0.15) is 0 Å². The standard InChI is InChI=1S/C20H17N3O2/c1-25-14-9-6-13(7-10-14)17-18(19(21)24)23-20(22-17)16-11-8-12-4-2-3-5-15(12)16/h2-7,9-11H,8H2,1H3,(H2,21,24)(H,22,23). The summed E-state index contributed by atoms with van der Waals surface area (Å²) in [5.74, 6) is 0.869. The molecule has 4 rings (SSSR count). The van der Waals surface area contributed by atoms with E-state index in [1.807, 2.05) is 36.4 Å². The van der Waals surface area contributed by atoms with Crippen LogP contribution in [0.3, 0.4) is 0 Å². The van der Waals surface area contributed by atoms with Crippen molar-refractivity contribution in [3.05, 3.63) is 77.3 Å². The number of amides is 1. The van der Waals surface area contributed by atoms with E-state index < -0.39 is 5.91 Å². The number of nitrogens with two attached hydrogens (primary N) is 1. The van der Waals surface area contributed by atoms with Crippen LogP contribution in [0.25, 0.3) is 16.8 Å². The van der Waals surface area contributed by atoms with Gasteiger partial charge in [0.2, 0.25) is 0 Å². The molecule has 5 nitrogen and oxygen atoms in total. The summed E-state index contributed by atoms with van der Waals surface area (Å²) in [4.78, 5) is 19.7. The van der Waals surface area contributed by atoms with E-state index >= 15 is 0 Å². The van der Waals surface area contributed by atoms with Crippen LogP contribution in [0.15, 0.2) is 54.6 Å². The van der Waals surface area contributed by atoms with Gasteiger partial charge in [0.15, 0.2) is 0 Å². The zero-order valence-corrected chi connectivity index (χ0v) is 13.7. The molecule has 3 N–H and O–H groups in total. The third-order valence-electron chi connectivity index (χ3n) is 4.40. The zero-order chi connectivity index (χ0) is 17.4. The molecule has 0 atom stereocenters. The number of fused-ring (bicyclic) bond motifs is 1. The Kier molecular flexibility index (Phi) is 3.61. The van der Waals surface area contributed by atoms with E-state index in [-0.39, 0.29) is 0 Å². The van der Waals surface area contributed by atoms with E-state index in [4.69, 9.17) is 10.5 Å². The molecule has 0 unspecified atom stereocenters. The molecule has 5 heteroatoms. The first-order chi connectivity index (χ1) is 12.2. The summed E-state index contributed by atoms with van der Waals surface area (Å²) >= 11 is 0. The molecule has 0 radical (unpaired) electrons. The number of imidazole rings is 1. The number of allylic oxidation sites excluding steroid dienone is 1. The number of rotatable bonds is 4. The van der Waals surface area contributed by atoms with Gasteiger partial charge >= 0.3 is 0 Å². The lowest BCUT2D eigenvalue weighted by molar-refractivity contribution is 0.0996. The molecule has 1 amide bonds. The predicted molar refractivity (Wildman–Crippen MR) is 96.3 cm³/mol. The van der Waals surface area contributed by atoms with Crippen molar-refractivity contribution >= 4 is 11.5 Å². The van der Waals surface area contributed by atoms with Crippen LogP contribution in [0.5, 0.6) is 5.75 Å². The van der Waals surface area contributed by atoms with E-state index in [0.29, 0.717) is 17.2 Å². The maximum absolute atomic E-state index is 11.9. The van der Waals surface area contributed by atoms with Gasteiger partial charge in [0.1, 0.15) is 23.0 Å². The fourth-order valence-electron chi connectivity index (χ4n) is 3.14. The van der Waals surface area contributed by atoms with Crippen molar-refractivity contribution in [2.24, 2.45) is 5.73 Å². The Morgan fingerprint density at radius 3 is 2.64 bits per heavy atom. The van der Waals surface area contributed by atoms with Gasteiger partial charge in [-0.15, -0.1) is 0 Å². The Balaban J connectivity index is 1.80.